The number of hydrogen-bond acceptors (Lipinski definition) is 6. The van der Waals surface area contributed by atoms with Crippen molar-refractivity contribution in [3.05, 3.63) is 72.9 Å². The molecule has 0 spiro atoms. The number of carbonyl (C=O) groups is 3. The van der Waals surface area contributed by atoms with E-state index in [2.05, 4.69) is 93.7 Å². The van der Waals surface area contributed by atoms with Crippen LogP contribution in [0.5, 0.6) is 0 Å². The lowest BCUT2D eigenvalue weighted by Gasteiger charge is -2.18. The number of allylic oxidation sites excluding steroid dienone is 12. The monoisotopic (exact) mass is 977 g/mol. The third-order valence-electron chi connectivity index (χ3n) is 12.9. The average molecular weight is 978 g/mol. The van der Waals surface area contributed by atoms with Crippen molar-refractivity contribution >= 4 is 17.9 Å². The van der Waals surface area contributed by atoms with E-state index in [-0.39, 0.29) is 31.1 Å². The summed E-state index contributed by atoms with van der Waals surface area (Å²) in [5, 5.41) is 0. The molecule has 0 saturated heterocycles. The maximum absolute atomic E-state index is 12.9. The Morgan fingerprint density at radius 3 is 0.900 bits per heavy atom. The Kier molecular flexibility index (Phi) is 55.8. The molecule has 0 rings (SSSR count). The zero-order valence-corrected chi connectivity index (χ0v) is 46.3. The SMILES string of the molecule is CC/C=C\C/C=C\C/C=C\C/C=C\C/C=C\CCCCCC(=O)OCC(COC(=O)CCCCC/C=C\CCCCCCCCC)OC(=O)CCCCCCCCCCCCCCCCCCCCC. The molecular formula is C64H112O6. The van der Waals surface area contributed by atoms with Crippen molar-refractivity contribution in [2.45, 2.75) is 303 Å². The van der Waals surface area contributed by atoms with Crippen LogP contribution in [-0.2, 0) is 28.6 Å². The molecule has 404 valence electrons. The maximum atomic E-state index is 12.9. The van der Waals surface area contributed by atoms with E-state index >= 15 is 0 Å². The van der Waals surface area contributed by atoms with Crippen molar-refractivity contribution in [2.75, 3.05) is 13.2 Å². The fraction of sp³-hybridized carbons (Fsp3) is 0.766. The quantitative estimate of drug-likeness (QED) is 0.0261. The molecule has 0 radical (unpaired) electrons. The molecule has 0 N–H and O–H groups in total. The van der Waals surface area contributed by atoms with E-state index in [0.717, 1.165) is 109 Å². The van der Waals surface area contributed by atoms with E-state index in [4.69, 9.17) is 14.2 Å². The zero-order valence-electron chi connectivity index (χ0n) is 46.3. The normalized spacial score (nSPS) is 12.6. The van der Waals surface area contributed by atoms with Crippen LogP contribution < -0.4 is 0 Å². The van der Waals surface area contributed by atoms with Gasteiger partial charge in [0.1, 0.15) is 13.2 Å². The van der Waals surface area contributed by atoms with E-state index in [1.807, 2.05) is 0 Å². The number of hydrogen-bond donors (Lipinski definition) is 0. The zero-order chi connectivity index (χ0) is 50.7. The van der Waals surface area contributed by atoms with Crippen LogP contribution in [0.3, 0.4) is 0 Å². The van der Waals surface area contributed by atoms with Crippen molar-refractivity contribution < 1.29 is 28.6 Å². The molecule has 70 heavy (non-hydrogen) atoms. The van der Waals surface area contributed by atoms with Crippen LogP contribution in [0, 0.1) is 0 Å². The summed E-state index contributed by atoms with van der Waals surface area (Å²) in [6, 6.07) is 0. The van der Waals surface area contributed by atoms with E-state index in [9.17, 15) is 14.4 Å². The lowest BCUT2D eigenvalue weighted by Crippen LogP contribution is -2.30. The van der Waals surface area contributed by atoms with Crippen molar-refractivity contribution in [3.63, 3.8) is 0 Å². The van der Waals surface area contributed by atoms with Gasteiger partial charge in [-0.05, 0) is 89.9 Å². The molecule has 0 aliphatic carbocycles. The molecule has 0 aromatic carbocycles. The fourth-order valence-electron chi connectivity index (χ4n) is 8.47. The summed E-state index contributed by atoms with van der Waals surface area (Å²) >= 11 is 0. The Balaban J connectivity index is 4.42. The highest BCUT2D eigenvalue weighted by molar-refractivity contribution is 5.71. The van der Waals surface area contributed by atoms with Gasteiger partial charge in [0, 0.05) is 19.3 Å². The number of unbranched alkanes of at least 4 members (excludes halogenated alkanes) is 31. The second kappa shape index (κ2) is 58.4. The van der Waals surface area contributed by atoms with Gasteiger partial charge < -0.3 is 14.2 Å². The first-order valence-corrected chi connectivity index (χ1v) is 29.9. The first-order chi connectivity index (χ1) is 34.5. The lowest BCUT2D eigenvalue weighted by atomic mass is 10.0. The summed E-state index contributed by atoms with van der Waals surface area (Å²) in [6.45, 7) is 6.51. The van der Waals surface area contributed by atoms with Gasteiger partial charge in [-0.1, -0.05) is 261 Å². The highest BCUT2D eigenvalue weighted by Crippen LogP contribution is 2.16. The minimum absolute atomic E-state index is 0.0916. The van der Waals surface area contributed by atoms with Gasteiger partial charge in [0.15, 0.2) is 6.10 Å². The van der Waals surface area contributed by atoms with Crippen LogP contribution in [0.2, 0.25) is 0 Å². The van der Waals surface area contributed by atoms with E-state index in [1.165, 1.54) is 148 Å². The molecule has 0 saturated carbocycles. The summed E-state index contributed by atoms with van der Waals surface area (Å²) in [4.78, 5) is 38.2. The molecule has 1 unspecified atom stereocenters. The van der Waals surface area contributed by atoms with Crippen LogP contribution in [0.1, 0.15) is 297 Å². The fourth-order valence-corrected chi connectivity index (χ4v) is 8.47. The van der Waals surface area contributed by atoms with Crippen LogP contribution in [-0.4, -0.2) is 37.2 Å². The van der Waals surface area contributed by atoms with Gasteiger partial charge in [0.25, 0.3) is 0 Å². The summed E-state index contributed by atoms with van der Waals surface area (Å²) in [6.07, 6.45) is 74.7. The molecule has 0 aromatic rings. The molecule has 0 aliphatic rings. The Bertz CT molecular complexity index is 1310. The highest BCUT2D eigenvalue weighted by Gasteiger charge is 2.19. The minimum atomic E-state index is -0.794. The van der Waals surface area contributed by atoms with Crippen molar-refractivity contribution in [3.8, 4) is 0 Å². The van der Waals surface area contributed by atoms with E-state index in [1.54, 1.807) is 0 Å². The van der Waals surface area contributed by atoms with Gasteiger partial charge in [-0.15, -0.1) is 0 Å². The van der Waals surface area contributed by atoms with Gasteiger partial charge in [-0.25, -0.2) is 0 Å². The molecule has 6 nitrogen and oxygen atoms in total. The molecule has 0 amide bonds. The van der Waals surface area contributed by atoms with Gasteiger partial charge in [0.2, 0.25) is 0 Å². The summed E-state index contributed by atoms with van der Waals surface area (Å²) in [7, 11) is 0. The number of esters is 3. The number of ether oxygens (including phenoxy) is 3. The second-order valence-corrected chi connectivity index (χ2v) is 19.9. The molecule has 0 heterocycles. The molecule has 0 aromatic heterocycles. The van der Waals surface area contributed by atoms with Crippen LogP contribution in [0.25, 0.3) is 0 Å². The maximum Gasteiger partial charge on any atom is 0.306 e. The van der Waals surface area contributed by atoms with Gasteiger partial charge in [-0.3, -0.25) is 14.4 Å². The van der Waals surface area contributed by atoms with Crippen molar-refractivity contribution in [1.29, 1.82) is 0 Å². The van der Waals surface area contributed by atoms with Crippen LogP contribution in [0.15, 0.2) is 72.9 Å². The Morgan fingerprint density at radius 2 is 0.557 bits per heavy atom. The first kappa shape index (κ1) is 66.9. The third-order valence-corrected chi connectivity index (χ3v) is 12.9. The van der Waals surface area contributed by atoms with Crippen molar-refractivity contribution in [1.82, 2.24) is 0 Å². The van der Waals surface area contributed by atoms with Crippen molar-refractivity contribution in [2.24, 2.45) is 0 Å². The molecule has 1 atom stereocenters. The topological polar surface area (TPSA) is 78.9 Å². The third kappa shape index (κ3) is 55.8. The van der Waals surface area contributed by atoms with E-state index < -0.39 is 6.10 Å². The van der Waals surface area contributed by atoms with Gasteiger partial charge in [-0.2, -0.15) is 0 Å². The minimum Gasteiger partial charge on any atom is -0.462 e. The lowest BCUT2D eigenvalue weighted by molar-refractivity contribution is -0.167. The Labute approximate surface area is 433 Å². The van der Waals surface area contributed by atoms with Crippen LogP contribution >= 0.6 is 0 Å². The highest BCUT2D eigenvalue weighted by atomic mass is 16.6. The molecular weight excluding hydrogens is 865 g/mol. The second-order valence-electron chi connectivity index (χ2n) is 19.9. The largest absolute Gasteiger partial charge is 0.462 e. The summed E-state index contributed by atoms with van der Waals surface area (Å²) < 4.78 is 16.9. The predicted molar refractivity (Wildman–Crippen MR) is 302 cm³/mol. The molecule has 0 bridgehead atoms. The van der Waals surface area contributed by atoms with Gasteiger partial charge >= 0.3 is 17.9 Å². The number of carbonyl (C=O) groups excluding carboxylic acids is 3. The number of rotatable bonds is 54. The molecule has 6 heteroatoms. The van der Waals surface area contributed by atoms with Crippen LogP contribution in [0.4, 0.5) is 0 Å². The predicted octanol–water partition coefficient (Wildman–Crippen LogP) is 20.2. The Hall–Kier alpha value is -3.15. The summed E-state index contributed by atoms with van der Waals surface area (Å²) in [5.41, 5.74) is 0. The smallest absolute Gasteiger partial charge is 0.306 e. The molecule has 0 aliphatic heterocycles. The summed E-state index contributed by atoms with van der Waals surface area (Å²) in [5.74, 6) is -0.926. The average Bonchev–Trinajstić information content (AvgIpc) is 3.36. The first-order valence-electron chi connectivity index (χ1n) is 29.9. The van der Waals surface area contributed by atoms with Gasteiger partial charge in [0.05, 0.1) is 0 Å². The van der Waals surface area contributed by atoms with E-state index in [0.29, 0.717) is 19.3 Å². The molecule has 0 fully saturated rings. The Morgan fingerprint density at radius 1 is 0.300 bits per heavy atom. The standard InChI is InChI=1S/C64H112O6/c1-4-7-10-13-16-19-22-25-28-30-32-34-36-39-42-45-48-51-54-57-63(66)69-60-61(59-68-62(65)56-53-50-47-44-41-38-27-24-21-18-15-12-9-6-3)70-64(67)58-55-52-49-46-43-40-37-35-33-31-29-26-23-20-17-14-11-8-5-2/h7,10,16,19,25,28,32,34,38-39,41-42,61H,4-6,8-9,11-15,17-18,20-24,26-27,29-31,33,35-37,40,43-60H2,1-3H3/b10-7-,19-16-,28-25-,34-32-,41-38-,42-39-.